The summed E-state index contributed by atoms with van der Waals surface area (Å²) in [7, 11) is 0. The van der Waals surface area contributed by atoms with Crippen molar-refractivity contribution in [3.05, 3.63) is 11.6 Å². The van der Waals surface area contributed by atoms with Gasteiger partial charge in [-0.15, -0.1) is 5.10 Å². The Morgan fingerprint density at radius 1 is 1.50 bits per heavy atom. The van der Waals surface area contributed by atoms with Crippen LogP contribution in [-0.4, -0.2) is 40.3 Å². The Kier molecular flexibility index (Phi) is 2.67. The minimum Gasteiger partial charge on any atom is -0.377 e. The molecule has 1 aromatic rings. The number of hydrogen-bond acceptors (Lipinski definition) is 4. The molecule has 2 rings (SSSR count). The van der Waals surface area contributed by atoms with Crippen LogP contribution in [0.15, 0.2) is 0 Å². The third kappa shape index (κ3) is 2.21. The smallest absolute Gasteiger partial charge is 0.291 e. The molecule has 0 unspecified atom stereocenters. The molecule has 0 spiro atoms. The molecule has 1 aliphatic rings. The van der Waals surface area contributed by atoms with Crippen molar-refractivity contribution in [1.82, 2.24) is 20.5 Å². The molecule has 0 aliphatic carbocycles. The highest BCUT2D eigenvalue weighted by Crippen LogP contribution is 2.17. The molecule has 1 fully saturated rings. The van der Waals surface area contributed by atoms with Crippen LogP contribution in [0.25, 0.3) is 0 Å². The summed E-state index contributed by atoms with van der Waals surface area (Å²) >= 11 is 0. The van der Waals surface area contributed by atoms with Crippen LogP contribution in [0.5, 0.6) is 0 Å². The molecule has 88 valence electrons. The number of rotatable bonds is 2. The van der Waals surface area contributed by atoms with E-state index in [9.17, 15) is 4.79 Å². The van der Waals surface area contributed by atoms with Gasteiger partial charge in [-0.25, -0.2) is 4.98 Å². The highest BCUT2D eigenvalue weighted by Gasteiger charge is 2.25. The lowest BCUT2D eigenvalue weighted by Gasteiger charge is -2.26. The number of H-pyrrole nitrogens is 1. The third-order valence-corrected chi connectivity index (χ3v) is 2.37. The van der Waals surface area contributed by atoms with Gasteiger partial charge in [0.05, 0.1) is 19.3 Å². The van der Waals surface area contributed by atoms with Crippen molar-refractivity contribution in [2.45, 2.75) is 32.2 Å². The Morgan fingerprint density at radius 3 is 2.62 bits per heavy atom. The summed E-state index contributed by atoms with van der Waals surface area (Å²) < 4.78 is 4.97. The molecule has 2 N–H and O–H groups in total. The fraction of sp³-hybridized carbons (Fsp3) is 0.700. The lowest BCUT2D eigenvalue weighted by Crippen LogP contribution is -2.48. The van der Waals surface area contributed by atoms with Crippen molar-refractivity contribution < 1.29 is 9.53 Å². The summed E-state index contributed by atoms with van der Waals surface area (Å²) in [6, 6.07) is 0.101. The average molecular weight is 224 g/mol. The van der Waals surface area contributed by atoms with Gasteiger partial charge in [0.1, 0.15) is 5.82 Å². The first-order chi connectivity index (χ1) is 7.47. The van der Waals surface area contributed by atoms with E-state index in [1.54, 1.807) is 0 Å². The standard InChI is InChI=1S/C10H16N4O2/c1-10(2,3)9-12-7(13-14-9)8(15)11-6-4-16-5-6/h6H,4-5H2,1-3H3,(H,11,15)(H,12,13,14). The lowest BCUT2D eigenvalue weighted by molar-refractivity contribution is -0.00363. The van der Waals surface area contributed by atoms with Crippen molar-refractivity contribution in [2.24, 2.45) is 0 Å². The van der Waals surface area contributed by atoms with Gasteiger partial charge in [-0.2, -0.15) is 0 Å². The quantitative estimate of drug-likeness (QED) is 0.753. The summed E-state index contributed by atoms with van der Waals surface area (Å²) in [5.41, 5.74) is -0.134. The zero-order valence-corrected chi connectivity index (χ0v) is 9.70. The molecule has 1 aliphatic heterocycles. The third-order valence-electron chi connectivity index (χ3n) is 2.37. The van der Waals surface area contributed by atoms with Gasteiger partial charge < -0.3 is 10.1 Å². The van der Waals surface area contributed by atoms with E-state index in [2.05, 4.69) is 20.5 Å². The van der Waals surface area contributed by atoms with Gasteiger partial charge in [-0.1, -0.05) is 20.8 Å². The average Bonchev–Trinajstić information content (AvgIpc) is 2.58. The van der Waals surface area contributed by atoms with Gasteiger partial charge >= 0.3 is 0 Å². The first kappa shape index (κ1) is 11.1. The van der Waals surface area contributed by atoms with Gasteiger partial charge in [0.15, 0.2) is 0 Å². The van der Waals surface area contributed by atoms with Gasteiger partial charge in [0.25, 0.3) is 5.91 Å². The van der Waals surface area contributed by atoms with Gasteiger partial charge in [0.2, 0.25) is 5.82 Å². The highest BCUT2D eigenvalue weighted by atomic mass is 16.5. The van der Waals surface area contributed by atoms with Gasteiger partial charge in [0, 0.05) is 5.41 Å². The summed E-state index contributed by atoms with van der Waals surface area (Å²) in [6.45, 7) is 7.17. The second kappa shape index (κ2) is 3.86. The second-order valence-corrected chi connectivity index (χ2v) is 4.97. The normalized spacial score (nSPS) is 16.9. The van der Waals surface area contributed by atoms with Crippen LogP contribution < -0.4 is 5.32 Å². The van der Waals surface area contributed by atoms with Crippen LogP contribution in [0.3, 0.4) is 0 Å². The van der Waals surface area contributed by atoms with E-state index in [0.717, 1.165) is 0 Å². The second-order valence-electron chi connectivity index (χ2n) is 4.97. The lowest BCUT2D eigenvalue weighted by atomic mass is 9.96. The van der Waals surface area contributed by atoms with Crippen molar-refractivity contribution in [2.75, 3.05) is 13.2 Å². The molecule has 2 heterocycles. The van der Waals surface area contributed by atoms with Crippen LogP contribution in [0.1, 0.15) is 37.2 Å². The fourth-order valence-corrected chi connectivity index (χ4v) is 1.27. The Bertz CT molecular complexity index is 390. The number of hydrogen-bond donors (Lipinski definition) is 2. The van der Waals surface area contributed by atoms with Crippen LogP contribution >= 0.6 is 0 Å². The maximum absolute atomic E-state index is 11.7. The predicted molar refractivity (Wildman–Crippen MR) is 57.2 cm³/mol. The highest BCUT2D eigenvalue weighted by molar-refractivity contribution is 5.90. The molecule has 1 amide bonds. The molecule has 0 aromatic carbocycles. The first-order valence-electron chi connectivity index (χ1n) is 5.28. The van der Waals surface area contributed by atoms with E-state index in [0.29, 0.717) is 19.0 Å². The topological polar surface area (TPSA) is 79.9 Å². The number of carbonyl (C=O) groups is 1. The van der Waals surface area contributed by atoms with E-state index < -0.39 is 0 Å². The van der Waals surface area contributed by atoms with Crippen LogP contribution in [0.4, 0.5) is 0 Å². The van der Waals surface area contributed by atoms with Crippen molar-refractivity contribution >= 4 is 5.91 Å². The van der Waals surface area contributed by atoms with Crippen molar-refractivity contribution in [1.29, 1.82) is 0 Å². The maximum Gasteiger partial charge on any atom is 0.291 e. The molecule has 16 heavy (non-hydrogen) atoms. The molecular weight excluding hydrogens is 208 g/mol. The van der Waals surface area contributed by atoms with Crippen molar-refractivity contribution in [3.8, 4) is 0 Å². The number of nitrogens with one attached hydrogen (secondary N) is 2. The maximum atomic E-state index is 11.7. The number of carbonyl (C=O) groups excluding carboxylic acids is 1. The largest absolute Gasteiger partial charge is 0.377 e. The molecule has 0 bridgehead atoms. The summed E-state index contributed by atoms with van der Waals surface area (Å²) in [5.74, 6) is 0.652. The van der Waals surface area contributed by atoms with Crippen LogP contribution in [-0.2, 0) is 10.2 Å². The minimum atomic E-state index is -0.250. The Hall–Kier alpha value is -1.43. The summed E-state index contributed by atoms with van der Waals surface area (Å²) in [5, 5.41) is 9.48. The number of ether oxygens (including phenoxy) is 1. The Labute approximate surface area is 93.8 Å². The molecule has 0 radical (unpaired) electrons. The van der Waals surface area contributed by atoms with E-state index in [4.69, 9.17) is 4.74 Å². The molecule has 0 atom stereocenters. The predicted octanol–water partition coefficient (Wildman–Crippen LogP) is 0.231. The molecular formula is C10H16N4O2. The number of amides is 1. The van der Waals surface area contributed by atoms with Crippen molar-refractivity contribution in [3.63, 3.8) is 0 Å². The van der Waals surface area contributed by atoms with Crippen LogP contribution in [0.2, 0.25) is 0 Å². The molecule has 6 heteroatoms. The molecule has 1 saturated heterocycles. The first-order valence-corrected chi connectivity index (χ1v) is 5.28. The molecule has 0 saturated carbocycles. The zero-order chi connectivity index (χ0) is 11.8. The number of nitrogens with zero attached hydrogens (tertiary/aromatic N) is 2. The SMILES string of the molecule is CC(C)(C)c1nc(C(=O)NC2COC2)n[nH]1. The zero-order valence-electron chi connectivity index (χ0n) is 9.70. The summed E-state index contributed by atoms with van der Waals surface area (Å²) in [4.78, 5) is 15.8. The van der Waals surface area contributed by atoms with Gasteiger partial charge in [-0.05, 0) is 0 Å². The Morgan fingerprint density at radius 2 is 2.19 bits per heavy atom. The number of aromatic nitrogens is 3. The van der Waals surface area contributed by atoms with Crippen LogP contribution in [0, 0.1) is 0 Å². The fourth-order valence-electron chi connectivity index (χ4n) is 1.27. The monoisotopic (exact) mass is 224 g/mol. The van der Waals surface area contributed by atoms with E-state index in [-0.39, 0.29) is 23.2 Å². The minimum absolute atomic E-state index is 0.101. The Balaban J connectivity index is 2.03. The number of aromatic amines is 1. The van der Waals surface area contributed by atoms with Gasteiger partial charge in [-0.3, -0.25) is 9.89 Å². The van der Waals surface area contributed by atoms with E-state index in [1.807, 2.05) is 20.8 Å². The van der Waals surface area contributed by atoms with E-state index >= 15 is 0 Å². The summed E-state index contributed by atoms with van der Waals surface area (Å²) in [6.07, 6.45) is 0. The molecule has 6 nitrogen and oxygen atoms in total. The van der Waals surface area contributed by atoms with E-state index in [1.165, 1.54) is 0 Å². The molecule has 1 aromatic heterocycles.